The van der Waals surface area contributed by atoms with Gasteiger partial charge in [0.25, 0.3) is 0 Å². The van der Waals surface area contributed by atoms with Gasteiger partial charge >= 0.3 is 0 Å². The summed E-state index contributed by atoms with van der Waals surface area (Å²) in [6.07, 6.45) is 5.70. The van der Waals surface area contributed by atoms with E-state index in [0.717, 1.165) is 29.9 Å². The van der Waals surface area contributed by atoms with Crippen molar-refractivity contribution in [2.75, 3.05) is 0 Å². The van der Waals surface area contributed by atoms with Crippen LogP contribution in [0.25, 0.3) is 5.69 Å². The van der Waals surface area contributed by atoms with E-state index in [1.54, 1.807) is 6.20 Å². The van der Waals surface area contributed by atoms with Crippen LogP contribution in [0.3, 0.4) is 0 Å². The number of imidazole rings is 1. The lowest BCUT2D eigenvalue weighted by molar-refractivity contribution is -0.125. The highest BCUT2D eigenvalue weighted by atomic mass is 16.1. The number of carbonyl (C=O) groups excluding carboxylic acids is 1. The molecule has 22 heavy (non-hydrogen) atoms. The average molecular weight is 299 g/mol. The molecule has 2 rings (SSSR count). The van der Waals surface area contributed by atoms with Gasteiger partial charge in [-0.05, 0) is 38.0 Å². The van der Waals surface area contributed by atoms with Gasteiger partial charge in [0.2, 0.25) is 5.91 Å². The van der Waals surface area contributed by atoms with Gasteiger partial charge in [0.15, 0.2) is 0 Å². The van der Waals surface area contributed by atoms with Crippen molar-refractivity contribution in [1.82, 2.24) is 14.9 Å². The minimum Gasteiger partial charge on any atom is -0.349 e. The molecule has 1 amide bonds. The van der Waals surface area contributed by atoms with Crippen LogP contribution >= 0.6 is 0 Å². The predicted octanol–water partition coefficient (Wildman–Crippen LogP) is 3.79. The Balaban J connectivity index is 2.04. The molecular weight excluding hydrogens is 274 g/mol. The van der Waals surface area contributed by atoms with Crippen molar-refractivity contribution in [1.29, 1.82) is 0 Å². The molecule has 4 heteroatoms. The molecule has 0 bridgehead atoms. The van der Waals surface area contributed by atoms with Gasteiger partial charge in [0.1, 0.15) is 5.82 Å². The van der Waals surface area contributed by atoms with E-state index in [1.165, 1.54) is 0 Å². The monoisotopic (exact) mass is 299 g/mol. The van der Waals surface area contributed by atoms with Gasteiger partial charge in [-0.25, -0.2) is 4.98 Å². The molecule has 0 aliphatic heterocycles. The molecule has 1 N–H and O–H groups in total. The Morgan fingerprint density at radius 3 is 2.50 bits per heavy atom. The number of hydrogen-bond acceptors (Lipinski definition) is 2. The van der Waals surface area contributed by atoms with Crippen LogP contribution in [0.1, 0.15) is 51.0 Å². The van der Waals surface area contributed by atoms with Crippen LogP contribution in [0.15, 0.2) is 36.7 Å². The first-order chi connectivity index (χ1) is 10.5. The zero-order valence-corrected chi connectivity index (χ0v) is 13.8. The second kappa shape index (κ2) is 7.25. The Morgan fingerprint density at radius 1 is 1.27 bits per heavy atom. The van der Waals surface area contributed by atoms with Crippen molar-refractivity contribution in [3.05, 3.63) is 48.0 Å². The van der Waals surface area contributed by atoms with Crippen molar-refractivity contribution in [3.63, 3.8) is 0 Å². The molecule has 0 spiro atoms. The predicted molar refractivity (Wildman–Crippen MR) is 88.9 cm³/mol. The highest BCUT2D eigenvalue weighted by molar-refractivity contribution is 5.78. The number of rotatable bonds is 6. The SMILES string of the molecule is CCC[C@@H](C)C(=O)N[C@H](C)c1ccc(-n2ccnc2C)cc1. The third-order valence-corrected chi connectivity index (χ3v) is 4.03. The number of amides is 1. The first-order valence-corrected chi connectivity index (χ1v) is 7.93. The van der Waals surface area contributed by atoms with E-state index in [0.29, 0.717) is 0 Å². The Labute approximate surface area is 132 Å². The number of benzene rings is 1. The Kier molecular flexibility index (Phi) is 5.36. The summed E-state index contributed by atoms with van der Waals surface area (Å²) in [5, 5.41) is 3.09. The normalized spacial score (nSPS) is 13.6. The maximum Gasteiger partial charge on any atom is 0.223 e. The summed E-state index contributed by atoms with van der Waals surface area (Å²) in [4.78, 5) is 16.3. The summed E-state index contributed by atoms with van der Waals surface area (Å²) < 4.78 is 2.04. The van der Waals surface area contributed by atoms with Gasteiger partial charge < -0.3 is 9.88 Å². The van der Waals surface area contributed by atoms with E-state index >= 15 is 0 Å². The number of hydrogen-bond donors (Lipinski definition) is 1. The van der Waals surface area contributed by atoms with Crippen molar-refractivity contribution >= 4 is 5.91 Å². The minimum atomic E-state index is 0.0183. The van der Waals surface area contributed by atoms with Crippen molar-refractivity contribution in [2.45, 2.75) is 46.6 Å². The topological polar surface area (TPSA) is 46.9 Å². The highest BCUT2D eigenvalue weighted by Gasteiger charge is 2.15. The molecule has 0 saturated heterocycles. The lowest BCUT2D eigenvalue weighted by Crippen LogP contribution is -2.31. The molecule has 0 saturated carbocycles. The summed E-state index contributed by atoms with van der Waals surface area (Å²) in [5.74, 6) is 1.16. The van der Waals surface area contributed by atoms with Crippen molar-refractivity contribution in [3.8, 4) is 5.69 Å². The van der Waals surface area contributed by atoms with Gasteiger partial charge in [-0.2, -0.15) is 0 Å². The lowest BCUT2D eigenvalue weighted by Gasteiger charge is -2.18. The van der Waals surface area contributed by atoms with E-state index in [-0.39, 0.29) is 17.9 Å². The fraction of sp³-hybridized carbons (Fsp3) is 0.444. The van der Waals surface area contributed by atoms with E-state index < -0.39 is 0 Å². The summed E-state index contributed by atoms with van der Waals surface area (Å²) in [6.45, 7) is 8.08. The maximum atomic E-state index is 12.1. The average Bonchev–Trinajstić information content (AvgIpc) is 2.93. The second-order valence-electron chi connectivity index (χ2n) is 5.86. The van der Waals surface area contributed by atoms with Crippen LogP contribution in [-0.4, -0.2) is 15.5 Å². The second-order valence-corrected chi connectivity index (χ2v) is 5.86. The molecule has 0 aliphatic carbocycles. The van der Waals surface area contributed by atoms with Crippen molar-refractivity contribution in [2.24, 2.45) is 5.92 Å². The Morgan fingerprint density at radius 2 is 1.95 bits per heavy atom. The van der Waals surface area contributed by atoms with E-state index in [4.69, 9.17) is 0 Å². The maximum absolute atomic E-state index is 12.1. The molecule has 1 heterocycles. The standard InChI is InChI=1S/C18H25N3O/c1-5-6-13(2)18(22)20-14(3)16-7-9-17(10-8-16)21-12-11-19-15(21)4/h7-14H,5-6H2,1-4H3,(H,20,22)/t13-,14-/m1/s1. The number of carbonyl (C=O) groups is 1. The van der Waals surface area contributed by atoms with Crippen LogP contribution in [0.2, 0.25) is 0 Å². The number of aryl methyl sites for hydroxylation is 1. The molecule has 118 valence electrons. The summed E-state index contributed by atoms with van der Waals surface area (Å²) in [6, 6.07) is 8.25. The molecule has 0 aliphatic rings. The van der Waals surface area contributed by atoms with Crippen LogP contribution in [-0.2, 0) is 4.79 Å². The van der Waals surface area contributed by atoms with Gasteiger partial charge in [-0.3, -0.25) is 4.79 Å². The lowest BCUT2D eigenvalue weighted by atomic mass is 10.0. The zero-order valence-electron chi connectivity index (χ0n) is 13.8. The third kappa shape index (κ3) is 3.75. The minimum absolute atomic E-state index is 0.0183. The number of nitrogens with zero attached hydrogens (tertiary/aromatic N) is 2. The Bertz CT molecular complexity index is 616. The van der Waals surface area contributed by atoms with E-state index in [9.17, 15) is 4.79 Å². The quantitative estimate of drug-likeness (QED) is 0.882. The molecule has 2 aromatic rings. The fourth-order valence-electron chi connectivity index (χ4n) is 2.58. The zero-order chi connectivity index (χ0) is 16.1. The molecule has 0 radical (unpaired) electrons. The summed E-state index contributed by atoms with van der Waals surface area (Å²) in [5.41, 5.74) is 2.19. The molecule has 1 aromatic heterocycles. The van der Waals surface area contributed by atoms with Crippen molar-refractivity contribution < 1.29 is 4.79 Å². The van der Waals surface area contributed by atoms with E-state index in [1.807, 2.05) is 31.5 Å². The highest BCUT2D eigenvalue weighted by Crippen LogP contribution is 2.17. The molecule has 4 nitrogen and oxygen atoms in total. The van der Waals surface area contributed by atoms with Crippen LogP contribution in [0, 0.1) is 12.8 Å². The summed E-state index contributed by atoms with van der Waals surface area (Å²) >= 11 is 0. The first kappa shape index (κ1) is 16.3. The summed E-state index contributed by atoms with van der Waals surface area (Å²) in [7, 11) is 0. The molecule has 0 unspecified atom stereocenters. The third-order valence-electron chi connectivity index (χ3n) is 4.03. The van der Waals surface area contributed by atoms with Gasteiger partial charge in [-0.15, -0.1) is 0 Å². The van der Waals surface area contributed by atoms with Crippen LogP contribution < -0.4 is 5.32 Å². The van der Waals surface area contributed by atoms with E-state index in [2.05, 4.69) is 41.5 Å². The van der Waals surface area contributed by atoms with Crippen LogP contribution in [0.4, 0.5) is 0 Å². The molecular formula is C18H25N3O. The molecule has 1 aromatic carbocycles. The van der Waals surface area contributed by atoms with Gasteiger partial charge in [-0.1, -0.05) is 32.4 Å². The van der Waals surface area contributed by atoms with Gasteiger partial charge in [0, 0.05) is 24.0 Å². The molecule has 2 atom stereocenters. The largest absolute Gasteiger partial charge is 0.349 e. The Hall–Kier alpha value is -2.10. The number of aromatic nitrogens is 2. The van der Waals surface area contributed by atoms with Gasteiger partial charge in [0.05, 0.1) is 6.04 Å². The first-order valence-electron chi connectivity index (χ1n) is 7.93. The number of nitrogens with one attached hydrogen (secondary N) is 1. The molecule has 0 fully saturated rings. The smallest absolute Gasteiger partial charge is 0.223 e. The van der Waals surface area contributed by atoms with Crippen LogP contribution in [0.5, 0.6) is 0 Å². The fourth-order valence-corrected chi connectivity index (χ4v) is 2.58.